The fourth-order valence-electron chi connectivity index (χ4n) is 1.55. The highest BCUT2D eigenvalue weighted by Gasteiger charge is 2.09. The van der Waals surface area contributed by atoms with Crippen LogP contribution < -0.4 is 0 Å². The van der Waals surface area contributed by atoms with Crippen LogP contribution in [0.15, 0.2) is 28.7 Å². The molecule has 0 bridgehead atoms. The molecule has 0 aliphatic heterocycles. The second kappa shape index (κ2) is 9.55. The minimum absolute atomic E-state index is 0.223. The van der Waals surface area contributed by atoms with E-state index in [9.17, 15) is 9.59 Å². The van der Waals surface area contributed by atoms with E-state index in [4.69, 9.17) is 9.47 Å². The molecule has 1 aromatic rings. The van der Waals surface area contributed by atoms with E-state index in [0.717, 1.165) is 10.0 Å². The summed E-state index contributed by atoms with van der Waals surface area (Å²) in [5.74, 6) is -0.243. The van der Waals surface area contributed by atoms with Crippen LogP contribution in [0.4, 0.5) is 0 Å². The van der Waals surface area contributed by atoms with Gasteiger partial charge >= 0.3 is 11.9 Å². The van der Waals surface area contributed by atoms with Crippen LogP contribution in [0, 0.1) is 5.92 Å². The van der Waals surface area contributed by atoms with Gasteiger partial charge in [0, 0.05) is 22.9 Å². The van der Waals surface area contributed by atoms with Crippen LogP contribution in [0.2, 0.25) is 0 Å². The van der Waals surface area contributed by atoms with Crippen molar-refractivity contribution < 1.29 is 19.1 Å². The second-order valence-electron chi connectivity index (χ2n) is 5.18. The molecule has 0 aliphatic carbocycles. The number of carbonyl (C=O) groups excluding carboxylic acids is 2. The predicted molar refractivity (Wildman–Crippen MR) is 83.6 cm³/mol. The van der Waals surface area contributed by atoms with Gasteiger partial charge in [0.1, 0.15) is 6.61 Å². The van der Waals surface area contributed by atoms with Crippen molar-refractivity contribution in [1.82, 2.24) is 0 Å². The van der Waals surface area contributed by atoms with E-state index in [-0.39, 0.29) is 31.4 Å². The molecule has 4 nitrogen and oxygen atoms in total. The zero-order valence-corrected chi connectivity index (χ0v) is 14.0. The maximum atomic E-state index is 11.6. The standard InChI is InChI=1S/C16H21BrO4/c1-12(2)10-20-15(18)8-5-9-16(19)21-11-13-6-3-4-7-14(13)17/h3-4,6-7,12H,5,8-11H2,1-2H3. The van der Waals surface area contributed by atoms with Crippen LogP contribution in [0.5, 0.6) is 0 Å². The van der Waals surface area contributed by atoms with Gasteiger partial charge in [0.25, 0.3) is 0 Å². The summed E-state index contributed by atoms with van der Waals surface area (Å²) >= 11 is 3.39. The van der Waals surface area contributed by atoms with Gasteiger partial charge in [-0.2, -0.15) is 0 Å². The van der Waals surface area contributed by atoms with Gasteiger partial charge in [-0.1, -0.05) is 48.0 Å². The zero-order chi connectivity index (χ0) is 15.7. The van der Waals surface area contributed by atoms with Crippen LogP contribution in [0.25, 0.3) is 0 Å². The first-order chi connectivity index (χ1) is 9.99. The van der Waals surface area contributed by atoms with E-state index in [0.29, 0.717) is 18.9 Å². The molecule has 0 aromatic heterocycles. The summed E-state index contributed by atoms with van der Waals surface area (Å²) in [6, 6.07) is 7.57. The molecule has 0 unspecified atom stereocenters. The Morgan fingerprint density at radius 1 is 1.10 bits per heavy atom. The number of carbonyl (C=O) groups is 2. The lowest BCUT2D eigenvalue weighted by atomic mass is 10.2. The smallest absolute Gasteiger partial charge is 0.306 e. The van der Waals surface area contributed by atoms with Crippen LogP contribution in [-0.2, 0) is 25.7 Å². The lowest BCUT2D eigenvalue weighted by Gasteiger charge is -2.08. The second-order valence-corrected chi connectivity index (χ2v) is 6.04. The molecule has 0 aliphatic rings. The molecule has 0 saturated heterocycles. The molecule has 0 atom stereocenters. The highest BCUT2D eigenvalue weighted by atomic mass is 79.9. The van der Waals surface area contributed by atoms with E-state index in [1.807, 2.05) is 38.1 Å². The van der Waals surface area contributed by atoms with Gasteiger partial charge in [0.05, 0.1) is 6.61 Å². The maximum Gasteiger partial charge on any atom is 0.306 e. The molecule has 0 N–H and O–H groups in total. The van der Waals surface area contributed by atoms with E-state index in [1.54, 1.807) is 0 Å². The Kier molecular flexibility index (Phi) is 8.05. The third-order valence-corrected chi connectivity index (χ3v) is 3.46. The topological polar surface area (TPSA) is 52.6 Å². The van der Waals surface area contributed by atoms with Crippen molar-refractivity contribution in [3.8, 4) is 0 Å². The number of hydrogen-bond acceptors (Lipinski definition) is 4. The summed E-state index contributed by atoms with van der Waals surface area (Å²) < 4.78 is 11.1. The number of esters is 2. The third kappa shape index (κ3) is 7.85. The molecule has 21 heavy (non-hydrogen) atoms. The highest BCUT2D eigenvalue weighted by molar-refractivity contribution is 9.10. The van der Waals surface area contributed by atoms with Crippen molar-refractivity contribution in [3.05, 3.63) is 34.3 Å². The summed E-state index contributed by atoms with van der Waals surface area (Å²) in [7, 11) is 0. The van der Waals surface area contributed by atoms with Crippen LogP contribution in [0.1, 0.15) is 38.7 Å². The largest absolute Gasteiger partial charge is 0.465 e. The van der Waals surface area contributed by atoms with Gasteiger partial charge < -0.3 is 9.47 Å². The molecule has 0 fully saturated rings. The predicted octanol–water partition coefficient (Wildman–Crippen LogP) is 3.86. The first kappa shape index (κ1) is 17.7. The number of halogens is 1. The minimum atomic E-state index is -0.303. The fourth-order valence-corrected chi connectivity index (χ4v) is 1.95. The Labute approximate surface area is 133 Å². The van der Waals surface area contributed by atoms with Crippen LogP contribution in [0.3, 0.4) is 0 Å². The third-order valence-electron chi connectivity index (χ3n) is 2.69. The quantitative estimate of drug-likeness (QED) is 0.663. The Morgan fingerprint density at radius 3 is 2.33 bits per heavy atom. The SMILES string of the molecule is CC(C)COC(=O)CCCC(=O)OCc1ccccc1Br. The summed E-state index contributed by atoms with van der Waals surface area (Å²) in [6.07, 6.45) is 0.920. The first-order valence-electron chi connectivity index (χ1n) is 7.03. The van der Waals surface area contributed by atoms with Crippen molar-refractivity contribution >= 4 is 27.9 Å². The molecular formula is C16H21BrO4. The molecule has 1 rings (SSSR count). The van der Waals surface area contributed by atoms with E-state index in [2.05, 4.69) is 15.9 Å². The average molecular weight is 357 g/mol. The molecule has 0 spiro atoms. The Morgan fingerprint density at radius 2 is 1.71 bits per heavy atom. The van der Waals surface area contributed by atoms with Crippen molar-refractivity contribution in [1.29, 1.82) is 0 Å². The summed E-state index contributed by atoms with van der Waals surface area (Å²) in [5.41, 5.74) is 0.919. The van der Waals surface area contributed by atoms with Gasteiger partial charge in [-0.15, -0.1) is 0 Å². The van der Waals surface area contributed by atoms with Crippen molar-refractivity contribution in [3.63, 3.8) is 0 Å². The molecule has 5 heteroatoms. The summed E-state index contributed by atoms with van der Waals surface area (Å²) in [6.45, 7) is 4.61. The molecule has 0 saturated carbocycles. The average Bonchev–Trinajstić information content (AvgIpc) is 2.44. The van der Waals surface area contributed by atoms with Gasteiger partial charge in [-0.3, -0.25) is 9.59 Å². The van der Waals surface area contributed by atoms with Gasteiger partial charge in [0.15, 0.2) is 0 Å². The van der Waals surface area contributed by atoms with Gasteiger partial charge in [0.2, 0.25) is 0 Å². The summed E-state index contributed by atoms with van der Waals surface area (Å²) in [5, 5.41) is 0. The Bertz CT molecular complexity index is 471. The number of hydrogen-bond donors (Lipinski definition) is 0. The molecule has 1 aromatic carbocycles. The van der Waals surface area contributed by atoms with Gasteiger partial charge in [-0.25, -0.2) is 0 Å². The lowest BCUT2D eigenvalue weighted by Crippen LogP contribution is -2.11. The highest BCUT2D eigenvalue weighted by Crippen LogP contribution is 2.17. The zero-order valence-electron chi connectivity index (χ0n) is 12.4. The van der Waals surface area contributed by atoms with Crippen molar-refractivity contribution in [2.75, 3.05) is 6.61 Å². The number of ether oxygens (including phenoxy) is 2. The van der Waals surface area contributed by atoms with E-state index in [1.165, 1.54) is 0 Å². The molecular weight excluding hydrogens is 336 g/mol. The van der Waals surface area contributed by atoms with Crippen molar-refractivity contribution in [2.45, 2.75) is 39.7 Å². The van der Waals surface area contributed by atoms with Crippen LogP contribution in [-0.4, -0.2) is 18.5 Å². The first-order valence-corrected chi connectivity index (χ1v) is 7.83. The fraction of sp³-hybridized carbons (Fsp3) is 0.500. The molecule has 0 heterocycles. The molecule has 116 valence electrons. The summed E-state index contributed by atoms with van der Waals surface area (Å²) in [4.78, 5) is 23.0. The monoisotopic (exact) mass is 356 g/mol. The van der Waals surface area contributed by atoms with E-state index < -0.39 is 0 Å². The Balaban J connectivity index is 2.17. The maximum absolute atomic E-state index is 11.6. The number of rotatable bonds is 8. The van der Waals surface area contributed by atoms with Gasteiger partial charge in [-0.05, 0) is 18.4 Å². The van der Waals surface area contributed by atoms with E-state index >= 15 is 0 Å². The minimum Gasteiger partial charge on any atom is -0.465 e. The molecule has 0 radical (unpaired) electrons. The van der Waals surface area contributed by atoms with Crippen molar-refractivity contribution in [2.24, 2.45) is 5.92 Å². The normalized spacial score (nSPS) is 10.5. The Hall–Kier alpha value is -1.36. The molecule has 0 amide bonds. The van der Waals surface area contributed by atoms with Crippen LogP contribution >= 0.6 is 15.9 Å². The lowest BCUT2D eigenvalue weighted by molar-refractivity contribution is -0.146. The number of benzene rings is 1.